The zero-order chi connectivity index (χ0) is 12.8. The maximum absolute atomic E-state index is 6.38. The van der Waals surface area contributed by atoms with Crippen molar-refractivity contribution in [3.8, 4) is 0 Å². The summed E-state index contributed by atoms with van der Waals surface area (Å²) in [5, 5.41) is 3.59. The molecule has 0 amide bonds. The predicted octanol–water partition coefficient (Wildman–Crippen LogP) is 3.75. The van der Waals surface area contributed by atoms with Crippen LogP contribution < -0.4 is 5.32 Å². The zero-order valence-electron chi connectivity index (χ0n) is 12.3. The largest absolute Gasteiger partial charge is 0.374 e. The van der Waals surface area contributed by atoms with E-state index < -0.39 is 0 Å². The van der Waals surface area contributed by atoms with Gasteiger partial charge in [0, 0.05) is 13.2 Å². The van der Waals surface area contributed by atoms with Gasteiger partial charge in [-0.3, -0.25) is 0 Å². The Bertz CT molecular complexity index is 239. The highest BCUT2D eigenvalue weighted by atomic mass is 16.5. The van der Waals surface area contributed by atoms with Crippen LogP contribution in [0.25, 0.3) is 0 Å². The maximum atomic E-state index is 6.38. The molecule has 2 heteroatoms. The van der Waals surface area contributed by atoms with Gasteiger partial charge in [0.2, 0.25) is 0 Å². The van der Waals surface area contributed by atoms with Crippen molar-refractivity contribution < 1.29 is 4.74 Å². The Labute approximate surface area is 113 Å². The summed E-state index contributed by atoms with van der Waals surface area (Å²) in [6.07, 6.45) is 10.7. The van der Waals surface area contributed by atoms with Gasteiger partial charge in [-0.15, -0.1) is 0 Å². The van der Waals surface area contributed by atoms with Crippen LogP contribution >= 0.6 is 0 Å². The van der Waals surface area contributed by atoms with E-state index in [-0.39, 0.29) is 5.60 Å². The molecule has 1 N–H and O–H groups in total. The van der Waals surface area contributed by atoms with Gasteiger partial charge in [-0.2, -0.15) is 0 Å². The van der Waals surface area contributed by atoms with E-state index in [0.29, 0.717) is 0 Å². The van der Waals surface area contributed by atoms with Crippen LogP contribution in [0, 0.1) is 11.8 Å². The second kappa shape index (κ2) is 6.91. The SMILES string of the molecule is CCCNCC1(OCCC2CC2)CCCC(C)C1. The van der Waals surface area contributed by atoms with Gasteiger partial charge in [0.1, 0.15) is 0 Å². The summed E-state index contributed by atoms with van der Waals surface area (Å²) in [6, 6.07) is 0. The van der Waals surface area contributed by atoms with Crippen LogP contribution in [-0.4, -0.2) is 25.3 Å². The summed E-state index contributed by atoms with van der Waals surface area (Å²) in [6.45, 7) is 7.80. The Morgan fingerprint density at radius 2 is 2.11 bits per heavy atom. The first kappa shape index (κ1) is 14.3. The molecule has 2 aliphatic carbocycles. The standard InChI is InChI=1S/C16H31NO/c1-3-10-17-13-16(9-4-5-14(2)12-16)18-11-8-15-6-7-15/h14-15,17H,3-13H2,1-2H3. The Morgan fingerprint density at radius 1 is 1.28 bits per heavy atom. The van der Waals surface area contributed by atoms with E-state index in [4.69, 9.17) is 4.74 Å². The van der Waals surface area contributed by atoms with Gasteiger partial charge in [0.15, 0.2) is 0 Å². The van der Waals surface area contributed by atoms with Gasteiger partial charge in [0.25, 0.3) is 0 Å². The van der Waals surface area contributed by atoms with Crippen LogP contribution in [0.5, 0.6) is 0 Å². The third kappa shape index (κ3) is 4.55. The summed E-state index contributed by atoms with van der Waals surface area (Å²) in [7, 11) is 0. The molecule has 0 radical (unpaired) electrons. The molecule has 0 heterocycles. The number of ether oxygens (including phenoxy) is 1. The molecule has 2 saturated carbocycles. The van der Waals surface area contributed by atoms with Crippen molar-refractivity contribution in [3.63, 3.8) is 0 Å². The third-order valence-electron chi connectivity index (χ3n) is 4.56. The van der Waals surface area contributed by atoms with Gasteiger partial charge in [0.05, 0.1) is 5.60 Å². The van der Waals surface area contributed by atoms with Crippen molar-refractivity contribution >= 4 is 0 Å². The lowest BCUT2D eigenvalue weighted by Gasteiger charge is -2.40. The van der Waals surface area contributed by atoms with Gasteiger partial charge < -0.3 is 10.1 Å². The molecule has 0 aromatic rings. The molecule has 2 atom stereocenters. The highest BCUT2D eigenvalue weighted by Gasteiger charge is 2.36. The third-order valence-corrected chi connectivity index (χ3v) is 4.56. The highest BCUT2D eigenvalue weighted by molar-refractivity contribution is 4.89. The minimum atomic E-state index is 0.154. The van der Waals surface area contributed by atoms with Crippen LogP contribution in [0.15, 0.2) is 0 Å². The molecule has 2 fully saturated rings. The molecule has 0 aliphatic heterocycles. The molecule has 2 nitrogen and oxygen atoms in total. The molecule has 106 valence electrons. The molecule has 2 unspecified atom stereocenters. The Morgan fingerprint density at radius 3 is 2.78 bits per heavy atom. The van der Waals surface area contributed by atoms with Crippen molar-refractivity contribution in [1.82, 2.24) is 5.32 Å². The van der Waals surface area contributed by atoms with Crippen LogP contribution in [0.4, 0.5) is 0 Å². The maximum Gasteiger partial charge on any atom is 0.0808 e. The summed E-state index contributed by atoms with van der Waals surface area (Å²) in [5.74, 6) is 1.83. The average molecular weight is 253 g/mol. The molecule has 0 spiro atoms. The average Bonchev–Trinajstić information content (AvgIpc) is 3.13. The topological polar surface area (TPSA) is 21.3 Å². The van der Waals surface area contributed by atoms with E-state index in [1.54, 1.807) is 0 Å². The minimum Gasteiger partial charge on any atom is -0.374 e. The molecule has 2 aliphatic rings. The normalized spacial score (nSPS) is 32.7. The van der Waals surface area contributed by atoms with E-state index in [2.05, 4.69) is 19.2 Å². The van der Waals surface area contributed by atoms with Crippen molar-refractivity contribution in [2.45, 2.75) is 70.8 Å². The first-order valence-corrected chi connectivity index (χ1v) is 8.09. The summed E-state index contributed by atoms with van der Waals surface area (Å²) in [5.41, 5.74) is 0.154. The van der Waals surface area contributed by atoms with Gasteiger partial charge in [-0.05, 0) is 44.1 Å². The number of hydrogen-bond acceptors (Lipinski definition) is 2. The van der Waals surface area contributed by atoms with Crippen LogP contribution in [-0.2, 0) is 4.74 Å². The van der Waals surface area contributed by atoms with E-state index in [9.17, 15) is 0 Å². The van der Waals surface area contributed by atoms with Crippen molar-refractivity contribution in [3.05, 3.63) is 0 Å². The fourth-order valence-corrected chi connectivity index (χ4v) is 3.30. The summed E-state index contributed by atoms with van der Waals surface area (Å²) < 4.78 is 6.38. The minimum absolute atomic E-state index is 0.154. The fourth-order valence-electron chi connectivity index (χ4n) is 3.30. The number of hydrogen-bond donors (Lipinski definition) is 1. The van der Waals surface area contributed by atoms with E-state index >= 15 is 0 Å². The lowest BCUT2D eigenvalue weighted by atomic mass is 9.78. The van der Waals surface area contributed by atoms with Crippen LogP contribution in [0.2, 0.25) is 0 Å². The molecule has 0 aromatic heterocycles. The van der Waals surface area contributed by atoms with Gasteiger partial charge in [-0.25, -0.2) is 0 Å². The summed E-state index contributed by atoms with van der Waals surface area (Å²) >= 11 is 0. The summed E-state index contributed by atoms with van der Waals surface area (Å²) in [4.78, 5) is 0. The highest BCUT2D eigenvalue weighted by Crippen LogP contribution is 2.37. The Kier molecular flexibility index (Phi) is 5.50. The fraction of sp³-hybridized carbons (Fsp3) is 1.00. The monoisotopic (exact) mass is 253 g/mol. The van der Waals surface area contributed by atoms with E-state index in [1.807, 2.05) is 0 Å². The molecule has 2 rings (SSSR count). The molecule has 0 aromatic carbocycles. The van der Waals surface area contributed by atoms with Gasteiger partial charge >= 0.3 is 0 Å². The Hall–Kier alpha value is -0.0800. The molecular weight excluding hydrogens is 222 g/mol. The van der Waals surface area contributed by atoms with Crippen molar-refractivity contribution in [1.29, 1.82) is 0 Å². The quantitative estimate of drug-likeness (QED) is 0.665. The van der Waals surface area contributed by atoms with Crippen molar-refractivity contribution in [2.75, 3.05) is 19.7 Å². The second-order valence-electron chi connectivity index (χ2n) is 6.64. The molecule has 18 heavy (non-hydrogen) atoms. The smallest absolute Gasteiger partial charge is 0.0808 e. The molecular formula is C16H31NO. The number of nitrogens with one attached hydrogen (secondary N) is 1. The van der Waals surface area contributed by atoms with E-state index in [1.165, 1.54) is 51.4 Å². The Balaban J connectivity index is 1.78. The lowest BCUT2D eigenvalue weighted by Crippen LogP contribution is -2.46. The van der Waals surface area contributed by atoms with Gasteiger partial charge in [-0.1, -0.05) is 39.5 Å². The predicted molar refractivity (Wildman–Crippen MR) is 76.8 cm³/mol. The lowest BCUT2D eigenvalue weighted by molar-refractivity contribution is -0.0809. The van der Waals surface area contributed by atoms with E-state index in [0.717, 1.165) is 31.5 Å². The molecule has 0 saturated heterocycles. The second-order valence-corrected chi connectivity index (χ2v) is 6.64. The molecule has 0 bridgehead atoms. The zero-order valence-corrected chi connectivity index (χ0v) is 12.3. The van der Waals surface area contributed by atoms with Crippen LogP contribution in [0.1, 0.15) is 65.2 Å². The first-order valence-electron chi connectivity index (χ1n) is 8.09. The van der Waals surface area contributed by atoms with Crippen molar-refractivity contribution in [2.24, 2.45) is 11.8 Å². The first-order chi connectivity index (χ1) is 8.74. The van der Waals surface area contributed by atoms with Crippen LogP contribution in [0.3, 0.4) is 0 Å². The number of rotatable bonds is 8.